The number of imide groups is 1. The van der Waals surface area contributed by atoms with E-state index in [0.29, 0.717) is 12.4 Å². The minimum atomic E-state index is -0.990. The van der Waals surface area contributed by atoms with Gasteiger partial charge in [-0.25, -0.2) is 14.8 Å². The lowest BCUT2D eigenvalue weighted by molar-refractivity contribution is -0.139. The third kappa shape index (κ3) is 4.12. The highest BCUT2D eigenvalue weighted by molar-refractivity contribution is 7.15. The van der Waals surface area contributed by atoms with Crippen LogP contribution in [0.5, 0.6) is 0 Å². The largest absolute Gasteiger partial charge is 0.333 e. The number of carbonyl (C=O) groups is 3. The number of rotatable bonds is 5. The van der Waals surface area contributed by atoms with Crippen LogP contribution < -0.4 is 10.6 Å². The molecule has 2 aliphatic rings. The van der Waals surface area contributed by atoms with Gasteiger partial charge in [-0.05, 0) is 52.7 Å². The van der Waals surface area contributed by atoms with Crippen LogP contribution >= 0.6 is 11.3 Å². The molecule has 2 aliphatic heterocycles. The first-order valence-electron chi connectivity index (χ1n) is 10.3. The van der Waals surface area contributed by atoms with E-state index in [-0.39, 0.29) is 24.4 Å². The fraction of sp³-hybridized carbons (Fsp3) is 0.476. The van der Waals surface area contributed by atoms with Crippen LogP contribution in [0.3, 0.4) is 0 Å². The molecular weight excluding hydrogens is 416 g/mol. The highest BCUT2D eigenvalue weighted by Crippen LogP contribution is 2.32. The van der Waals surface area contributed by atoms with Crippen molar-refractivity contribution in [1.82, 2.24) is 25.1 Å². The van der Waals surface area contributed by atoms with Gasteiger partial charge in [0, 0.05) is 11.4 Å². The summed E-state index contributed by atoms with van der Waals surface area (Å²) in [4.78, 5) is 50.6. The van der Waals surface area contributed by atoms with Crippen molar-refractivity contribution < 1.29 is 14.4 Å². The summed E-state index contributed by atoms with van der Waals surface area (Å²) in [7, 11) is 0. The van der Waals surface area contributed by atoms with Gasteiger partial charge in [-0.2, -0.15) is 0 Å². The van der Waals surface area contributed by atoms with Crippen molar-refractivity contribution in [3.63, 3.8) is 0 Å². The SMILES string of the molecule is Cc1nc(Nc2cccc(C3CCCN3C(=O)CN3C(=O)NC(C)(C)C3=O)n2)sc1C. The van der Waals surface area contributed by atoms with Crippen molar-refractivity contribution in [2.24, 2.45) is 0 Å². The molecule has 2 N–H and O–H groups in total. The Kier molecular flexibility index (Phi) is 5.42. The van der Waals surface area contributed by atoms with Crippen LogP contribution in [0.25, 0.3) is 0 Å². The topological polar surface area (TPSA) is 108 Å². The molecule has 0 bridgehead atoms. The first-order chi connectivity index (χ1) is 14.7. The molecule has 4 rings (SSSR count). The summed E-state index contributed by atoms with van der Waals surface area (Å²) >= 11 is 1.57. The van der Waals surface area contributed by atoms with E-state index in [2.05, 4.69) is 15.6 Å². The van der Waals surface area contributed by atoms with Crippen molar-refractivity contribution in [1.29, 1.82) is 0 Å². The van der Waals surface area contributed by atoms with Crippen LogP contribution in [-0.4, -0.2) is 56.2 Å². The molecule has 0 saturated carbocycles. The summed E-state index contributed by atoms with van der Waals surface area (Å²) in [5, 5.41) is 6.63. The van der Waals surface area contributed by atoms with Crippen molar-refractivity contribution in [2.75, 3.05) is 18.4 Å². The molecule has 0 aliphatic carbocycles. The summed E-state index contributed by atoms with van der Waals surface area (Å²) in [5.41, 5.74) is 0.772. The molecule has 0 radical (unpaired) electrons. The number of aryl methyl sites for hydroxylation is 2. The Hall–Kier alpha value is -3.01. The van der Waals surface area contributed by atoms with Gasteiger partial charge < -0.3 is 15.5 Å². The summed E-state index contributed by atoms with van der Waals surface area (Å²) in [5.74, 6) is 0.0244. The molecule has 2 fully saturated rings. The van der Waals surface area contributed by atoms with Gasteiger partial charge in [0.15, 0.2) is 5.13 Å². The van der Waals surface area contributed by atoms with Gasteiger partial charge in [0.25, 0.3) is 5.91 Å². The number of carbonyl (C=O) groups excluding carboxylic acids is 3. The minimum Gasteiger partial charge on any atom is -0.333 e. The predicted octanol–water partition coefficient (Wildman–Crippen LogP) is 2.89. The smallest absolute Gasteiger partial charge is 0.325 e. The van der Waals surface area contributed by atoms with Crippen molar-refractivity contribution in [2.45, 2.75) is 52.1 Å². The van der Waals surface area contributed by atoms with Gasteiger partial charge >= 0.3 is 6.03 Å². The molecule has 4 heterocycles. The number of anilines is 2. The molecule has 1 unspecified atom stereocenters. The fourth-order valence-electron chi connectivity index (χ4n) is 3.90. The van der Waals surface area contributed by atoms with Crippen LogP contribution in [0.2, 0.25) is 0 Å². The maximum absolute atomic E-state index is 13.0. The number of amides is 4. The molecule has 10 heteroatoms. The van der Waals surface area contributed by atoms with Crippen LogP contribution in [0.4, 0.5) is 15.7 Å². The minimum absolute atomic E-state index is 0.192. The lowest BCUT2D eigenvalue weighted by atomic mass is 10.1. The number of aromatic nitrogens is 2. The maximum Gasteiger partial charge on any atom is 0.325 e. The highest BCUT2D eigenvalue weighted by Gasteiger charge is 2.46. The lowest BCUT2D eigenvalue weighted by Gasteiger charge is -2.26. The number of hydrogen-bond acceptors (Lipinski definition) is 7. The Balaban J connectivity index is 1.49. The van der Waals surface area contributed by atoms with E-state index in [1.54, 1.807) is 30.1 Å². The Bertz CT molecular complexity index is 1030. The second-order valence-electron chi connectivity index (χ2n) is 8.42. The summed E-state index contributed by atoms with van der Waals surface area (Å²) in [6, 6.07) is 4.95. The molecule has 9 nitrogen and oxygen atoms in total. The molecule has 0 spiro atoms. The molecule has 164 valence electrons. The molecule has 2 aromatic rings. The zero-order valence-electron chi connectivity index (χ0n) is 18.1. The summed E-state index contributed by atoms with van der Waals surface area (Å²) in [6.45, 7) is 7.56. The first kappa shape index (κ1) is 21.2. The summed E-state index contributed by atoms with van der Waals surface area (Å²) < 4.78 is 0. The maximum atomic E-state index is 13.0. The molecular formula is C21H26N6O3S. The van der Waals surface area contributed by atoms with Crippen LogP contribution in [-0.2, 0) is 9.59 Å². The van der Waals surface area contributed by atoms with Crippen LogP contribution in [0.15, 0.2) is 18.2 Å². The normalized spacial score (nSPS) is 20.3. The number of thiazole rings is 1. The third-order valence-corrected chi connectivity index (χ3v) is 6.67. The molecule has 1 atom stereocenters. The Labute approximate surface area is 184 Å². The number of pyridine rings is 1. The zero-order chi connectivity index (χ0) is 22.3. The van der Waals surface area contributed by atoms with Crippen LogP contribution in [0.1, 0.15) is 49.0 Å². The van der Waals surface area contributed by atoms with Gasteiger partial charge in [-0.1, -0.05) is 6.07 Å². The number of nitrogens with zero attached hydrogens (tertiary/aromatic N) is 4. The Morgan fingerprint density at radius 3 is 2.71 bits per heavy atom. The number of likely N-dealkylation sites (tertiary alicyclic amines) is 1. The third-order valence-electron chi connectivity index (χ3n) is 5.69. The molecule has 31 heavy (non-hydrogen) atoms. The van der Waals surface area contributed by atoms with Gasteiger partial charge in [-0.3, -0.25) is 14.5 Å². The summed E-state index contributed by atoms with van der Waals surface area (Å²) in [6.07, 6.45) is 1.62. The second kappa shape index (κ2) is 7.92. The fourth-order valence-corrected chi connectivity index (χ4v) is 4.72. The van der Waals surface area contributed by atoms with Gasteiger partial charge in [0.05, 0.1) is 17.4 Å². The van der Waals surface area contributed by atoms with Gasteiger partial charge in [0.2, 0.25) is 5.91 Å². The monoisotopic (exact) mass is 442 g/mol. The first-order valence-corrected chi connectivity index (χ1v) is 11.1. The molecule has 2 saturated heterocycles. The van der Waals surface area contributed by atoms with Crippen molar-refractivity contribution in [3.05, 3.63) is 34.5 Å². The average Bonchev–Trinajstić information content (AvgIpc) is 3.36. The number of hydrogen-bond donors (Lipinski definition) is 2. The molecule has 4 amide bonds. The van der Waals surface area contributed by atoms with Crippen LogP contribution in [0, 0.1) is 13.8 Å². The predicted molar refractivity (Wildman–Crippen MR) is 117 cm³/mol. The van der Waals surface area contributed by atoms with E-state index >= 15 is 0 Å². The Morgan fingerprint density at radius 2 is 2.06 bits per heavy atom. The molecule has 2 aromatic heterocycles. The quantitative estimate of drug-likeness (QED) is 0.690. The lowest BCUT2D eigenvalue weighted by Crippen LogP contribution is -2.44. The van der Waals surface area contributed by atoms with Gasteiger partial charge in [0.1, 0.15) is 17.9 Å². The van der Waals surface area contributed by atoms with E-state index in [4.69, 9.17) is 4.98 Å². The van der Waals surface area contributed by atoms with E-state index in [0.717, 1.165) is 39.1 Å². The van der Waals surface area contributed by atoms with E-state index in [9.17, 15) is 14.4 Å². The zero-order valence-corrected chi connectivity index (χ0v) is 18.9. The average molecular weight is 443 g/mol. The standard InChI is InChI=1S/C21H26N6O3S/c1-12-13(2)31-19(22-12)24-16-9-5-7-14(23-16)15-8-6-10-26(15)17(28)11-27-18(29)21(3,4)25-20(27)30/h5,7,9,15H,6,8,10-11H2,1-4H3,(H,25,30)(H,22,23,24). The molecule has 0 aromatic carbocycles. The van der Waals surface area contributed by atoms with Crippen molar-refractivity contribution >= 4 is 40.1 Å². The van der Waals surface area contributed by atoms with Crippen molar-refractivity contribution in [3.8, 4) is 0 Å². The highest BCUT2D eigenvalue weighted by atomic mass is 32.1. The Morgan fingerprint density at radius 1 is 1.29 bits per heavy atom. The van der Waals surface area contributed by atoms with E-state index < -0.39 is 11.6 Å². The second-order valence-corrected chi connectivity index (χ2v) is 9.63. The van der Waals surface area contributed by atoms with E-state index in [1.165, 1.54) is 0 Å². The number of urea groups is 1. The van der Waals surface area contributed by atoms with E-state index in [1.807, 2.05) is 32.0 Å². The van der Waals surface area contributed by atoms with Gasteiger partial charge in [-0.15, -0.1) is 11.3 Å². The number of nitrogens with one attached hydrogen (secondary N) is 2.